The van der Waals surface area contributed by atoms with Gasteiger partial charge in [-0.15, -0.1) is 0 Å². The summed E-state index contributed by atoms with van der Waals surface area (Å²) >= 11 is 0. The molecule has 0 N–H and O–H groups in total. The van der Waals surface area contributed by atoms with Crippen LogP contribution >= 0.6 is 0 Å². The summed E-state index contributed by atoms with van der Waals surface area (Å²) in [5, 5.41) is 8.45. The number of hydrogen-bond donors (Lipinski definition) is 0. The van der Waals surface area contributed by atoms with Gasteiger partial charge >= 0.3 is 0 Å². The zero-order valence-corrected chi connectivity index (χ0v) is 33.3. The number of hydrogen-bond acceptors (Lipinski definition) is 2. The molecule has 0 saturated heterocycles. The second-order valence-electron chi connectivity index (χ2n) is 17.2. The van der Waals surface area contributed by atoms with E-state index >= 15 is 0 Å². The molecule has 0 spiro atoms. The molecule has 2 aliphatic rings. The van der Waals surface area contributed by atoms with Gasteiger partial charge in [0.25, 0.3) is 0 Å². The Bertz CT molecular complexity index is 3780. The largest absolute Gasteiger partial charge is 0.456 e. The molecule has 2 aliphatic carbocycles. The van der Waals surface area contributed by atoms with Gasteiger partial charge < -0.3 is 18.0 Å². The Kier molecular flexibility index (Phi) is 6.81. The first-order valence-corrected chi connectivity index (χ1v) is 21.5. The molecule has 8 aromatic carbocycles. The fourth-order valence-corrected chi connectivity index (χ4v) is 10.7. The first-order valence-electron chi connectivity index (χ1n) is 21.5. The van der Waals surface area contributed by atoms with E-state index in [0.29, 0.717) is 5.92 Å². The van der Waals surface area contributed by atoms with Crippen LogP contribution in [0.1, 0.15) is 35.6 Å². The van der Waals surface area contributed by atoms with Crippen LogP contribution in [0.25, 0.3) is 111 Å². The van der Waals surface area contributed by atoms with Crippen molar-refractivity contribution in [2.75, 3.05) is 0 Å². The highest BCUT2D eigenvalue weighted by Crippen LogP contribution is 2.55. The van der Waals surface area contributed by atoms with Crippen molar-refractivity contribution in [2.24, 2.45) is 5.92 Å². The fraction of sp³-hybridized carbons (Fsp3) is 0.0877. The first kappa shape index (κ1) is 33.3. The molecule has 1 fully saturated rings. The zero-order valence-electron chi connectivity index (χ0n) is 33.3. The Morgan fingerprint density at radius 1 is 0.459 bits per heavy atom. The number of rotatable bonds is 5. The van der Waals surface area contributed by atoms with Gasteiger partial charge in [-0.2, -0.15) is 0 Å². The Morgan fingerprint density at radius 3 is 1.70 bits per heavy atom. The molecule has 2 atom stereocenters. The number of para-hydroxylation sites is 3. The maximum atomic E-state index is 6.47. The van der Waals surface area contributed by atoms with E-state index in [0.717, 1.165) is 61.9 Å². The molecule has 4 heteroatoms. The Labute approximate surface area is 351 Å². The first-order chi connectivity index (χ1) is 30.2. The van der Waals surface area contributed by atoms with E-state index in [1.54, 1.807) is 0 Å². The Morgan fingerprint density at radius 2 is 1.02 bits per heavy atom. The van der Waals surface area contributed by atoms with Gasteiger partial charge in [0, 0.05) is 78.1 Å². The van der Waals surface area contributed by atoms with Crippen LogP contribution in [0.5, 0.6) is 0 Å². The molecule has 4 aromatic heterocycles. The summed E-state index contributed by atoms with van der Waals surface area (Å²) in [5.74, 6) is 1.35. The smallest absolute Gasteiger partial charge is 0.135 e. The van der Waals surface area contributed by atoms with Crippen LogP contribution in [0.4, 0.5) is 0 Å². The maximum absolute atomic E-state index is 6.47. The molecule has 61 heavy (non-hydrogen) atoms. The van der Waals surface area contributed by atoms with Gasteiger partial charge in [0.05, 0.1) is 5.52 Å². The molecule has 1 saturated carbocycles. The van der Waals surface area contributed by atoms with E-state index in [1.165, 1.54) is 84.7 Å². The van der Waals surface area contributed by atoms with E-state index in [2.05, 4.69) is 191 Å². The van der Waals surface area contributed by atoms with Crippen molar-refractivity contribution in [3.05, 3.63) is 193 Å². The maximum Gasteiger partial charge on any atom is 0.135 e. The Hall–Kier alpha value is -7.56. The second-order valence-corrected chi connectivity index (χ2v) is 17.2. The van der Waals surface area contributed by atoms with Crippen molar-refractivity contribution in [3.63, 3.8) is 0 Å². The van der Waals surface area contributed by atoms with Crippen LogP contribution in [0.3, 0.4) is 0 Å². The number of furan rings is 2. The third-order valence-electron chi connectivity index (χ3n) is 13.7. The summed E-state index contributed by atoms with van der Waals surface area (Å²) in [5.41, 5.74) is 17.4. The van der Waals surface area contributed by atoms with Crippen molar-refractivity contribution in [3.8, 4) is 27.9 Å². The monoisotopic (exact) mass is 782 g/mol. The summed E-state index contributed by atoms with van der Waals surface area (Å²) in [7, 11) is 0. The predicted molar refractivity (Wildman–Crippen MR) is 252 cm³/mol. The molecular weight excluding hydrogens is 745 g/mol. The van der Waals surface area contributed by atoms with E-state index in [9.17, 15) is 0 Å². The Balaban J connectivity index is 0.836. The molecule has 0 aliphatic heterocycles. The van der Waals surface area contributed by atoms with Gasteiger partial charge in [-0.25, -0.2) is 0 Å². The van der Waals surface area contributed by atoms with Gasteiger partial charge in [0.15, 0.2) is 0 Å². The lowest BCUT2D eigenvalue weighted by Crippen LogP contribution is -2.00. The van der Waals surface area contributed by atoms with Gasteiger partial charge in [0.1, 0.15) is 22.3 Å². The molecular formula is C57H38N2O2. The van der Waals surface area contributed by atoms with Crippen molar-refractivity contribution in [1.29, 1.82) is 0 Å². The second kappa shape index (κ2) is 12.5. The topological polar surface area (TPSA) is 36.1 Å². The van der Waals surface area contributed by atoms with E-state index in [1.807, 2.05) is 0 Å². The minimum atomic E-state index is 0.607. The molecule has 4 nitrogen and oxygen atoms in total. The lowest BCUT2D eigenvalue weighted by Gasteiger charge is -2.12. The molecule has 14 rings (SSSR count). The van der Waals surface area contributed by atoms with Gasteiger partial charge in [0.2, 0.25) is 0 Å². The van der Waals surface area contributed by atoms with Crippen LogP contribution in [-0.4, -0.2) is 9.13 Å². The lowest BCUT2D eigenvalue weighted by molar-refractivity contribution is 0.668. The molecule has 0 amide bonds. The molecule has 2 unspecified atom stereocenters. The van der Waals surface area contributed by atoms with Crippen LogP contribution in [0, 0.1) is 5.92 Å². The van der Waals surface area contributed by atoms with Gasteiger partial charge in [-0.05, 0) is 125 Å². The summed E-state index contributed by atoms with van der Waals surface area (Å²) < 4.78 is 17.8. The summed E-state index contributed by atoms with van der Waals surface area (Å²) in [6.45, 7) is 0.777. The van der Waals surface area contributed by atoms with Crippen molar-refractivity contribution in [2.45, 2.75) is 25.3 Å². The zero-order chi connectivity index (χ0) is 39.8. The summed E-state index contributed by atoms with van der Waals surface area (Å²) in [4.78, 5) is 0. The lowest BCUT2D eigenvalue weighted by atomic mass is 9.97. The normalized spacial score (nSPS) is 16.1. The van der Waals surface area contributed by atoms with Crippen LogP contribution in [0.2, 0.25) is 0 Å². The van der Waals surface area contributed by atoms with Crippen molar-refractivity contribution in [1.82, 2.24) is 9.13 Å². The van der Waals surface area contributed by atoms with Gasteiger partial charge in [-0.3, -0.25) is 0 Å². The summed E-state index contributed by atoms with van der Waals surface area (Å²) in [6, 6.07) is 61.8. The highest BCUT2D eigenvalue weighted by Gasteiger charge is 2.42. The van der Waals surface area contributed by atoms with E-state index < -0.39 is 0 Å². The predicted octanol–water partition coefficient (Wildman–Crippen LogP) is 15.4. The van der Waals surface area contributed by atoms with Gasteiger partial charge in [-0.1, -0.05) is 103 Å². The highest BCUT2D eigenvalue weighted by molar-refractivity contribution is 6.10. The third-order valence-corrected chi connectivity index (χ3v) is 13.7. The van der Waals surface area contributed by atoms with Crippen molar-refractivity contribution >= 4 is 82.7 Å². The number of benzene rings is 8. The average molecular weight is 783 g/mol. The number of fused-ring (bicyclic) bond motifs is 14. The summed E-state index contributed by atoms with van der Waals surface area (Å²) in [6.07, 6.45) is 7.19. The molecule has 288 valence electrons. The van der Waals surface area contributed by atoms with Crippen LogP contribution in [0.15, 0.2) is 185 Å². The number of nitrogens with zero attached hydrogens (tertiary/aromatic N) is 2. The average Bonchev–Trinajstić information content (AvgIpc) is 3.57. The highest BCUT2D eigenvalue weighted by atomic mass is 16.3. The van der Waals surface area contributed by atoms with E-state index in [4.69, 9.17) is 8.83 Å². The fourth-order valence-electron chi connectivity index (χ4n) is 10.7. The number of aromatic nitrogens is 2. The third kappa shape index (κ3) is 4.99. The molecule has 0 radical (unpaired) electrons. The number of allylic oxidation sites excluding steroid dienone is 1. The standard InChI is InChI=1S/C57H38N2O2/c1-4-16-50-41(12-1)42-13-2-5-17-51(42)58(50)33-34-19-23-53-46(27-34)47-29-37(20-24-54(47)60-53)35-9-7-10-36(28-35)38-21-25-55-48(30-38)49-32-40(22-26-56(49)61-55)59-52-18-6-3-14-43(52)44-15-8-11-39-31-45(39)57(44)59/h1-10,12-30,32,39,45H,11,31,33H2. The molecule has 0 bridgehead atoms. The SMILES string of the molecule is C1=Cc2c(n(-c3ccc4oc5ccc(-c6cccc(-c7ccc8oc9ccc(Cn%10c%11ccccc%11c%11ccccc%11%10)cc9c8c7)c6)cc5c4c3)c3ccccc23)C2CC2C1. The molecule has 12 aromatic rings. The van der Waals surface area contributed by atoms with Crippen molar-refractivity contribution < 1.29 is 8.83 Å². The molecule has 4 heterocycles. The minimum Gasteiger partial charge on any atom is -0.456 e. The van der Waals surface area contributed by atoms with Crippen LogP contribution in [-0.2, 0) is 6.54 Å². The quantitative estimate of drug-likeness (QED) is 0.174. The minimum absolute atomic E-state index is 0.607. The van der Waals surface area contributed by atoms with Crippen LogP contribution < -0.4 is 0 Å². The van der Waals surface area contributed by atoms with E-state index in [-0.39, 0.29) is 0 Å².